The summed E-state index contributed by atoms with van der Waals surface area (Å²) >= 11 is 0. The van der Waals surface area contributed by atoms with Gasteiger partial charge in [0.1, 0.15) is 0 Å². The number of aliphatic hydroxyl groups excluding tert-OH is 1. The topological polar surface area (TPSA) is 66.4 Å². The molecule has 1 aromatic rings. The second-order valence-corrected chi connectivity index (χ2v) is 7.16. The molecule has 0 spiro atoms. The molecule has 0 aliphatic carbocycles. The molecule has 114 valence electrons. The van der Waals surface area contributed by atoms with Gasteiger partial charge in [0, 0.05) is 0 Å². The second-order valence-electron chi connectivity index (χ2n) is 5.47. The highest BCUT2D eigenvalue weighted by Gasteiger charge is 2.31. The van der Waals surface area contributed by atoms with E-state index in [9.17, 15) is 13.5 Å². The van der Waals surface area contributed by atoms with Crippen LogP contribution in [-0.4, -0.2) is 25.7 Å². The summed E-state index contributed by atoms with van der Waals surface area (Å²) in [6.45, 7) is 7.65. The van der Waals surface area contributed by atoms with Crippen LogP contribution in [0.15, 0.2) is 29.2 Å². The second kappa shape index (κ2) is 6.70. The van der Waals surface area contributed by atoms with Crippen LogP contribution in [0.5, 0.6) is 0 Å². The van der Waals surface area contributed by atoms with E-state index in [1.807, 2.05) is 26.0 Å². The quantitative estimate of drug-likeness (QED) is 0.813. The van der Waals surface area contributed by atoms with Crippen LogP contribution in [0.1, 0.15) is 52.0 Å². The van der Waals surface area contributed by atoms with Crippen molar-refractivity contribution in [3.63, 3.8) is 0 Å². The molecule has 0 bridgehead atoms. The van der Waals surface area contributed by atoms with Crippen LogP contribution in [0.3, 0.4) is 0 Å². The number of nitrogens with one attached hydrogen (secondary N) is 1. The molecule has 0 aliphatic heterocycles. The normalized spacial score (nSPS) is 12.9. The number of benzene rings is 1. The Hall–Kier alpha value is -0.910. The van der Waals surface area contributed by atoms with Gasteiger partial charge in [0.05, 0.1) is 17.0 Å². The third-order valence-electron chi connectivity index (χ3n) is 3.86. The molecule has 0 atom stereocenters. The Labute approximate surface area is 122 Å². The smallest absolute Gasteiger partial charge is 0.241 e. The molecule has 0 fully saturated rings. The first-order valence-corrected chi connectivity index (χ1v) is 8.53. The van der Waals surface area contributed by atoms with Gasteiger partial charge < -0.3 is 5.11 Å². The fourth-order valence-corrected chi connectivity index (χ4v) is 3.56. The number of rotatable bonds is 7. The van der Waals surface area contributed by atoms with Crippen molar-refractivity contribution in [2.24, 2.45) is 0 Å². The van der Waals surface area contributed by atoms with Gasteiger partial charge in [0.15, 0.2) is 0 Å². The van der Waals surface area contributed by atoms with Crippen LogP contribution in [0, 0.1) is 0 Å². The highest BCUT2D eigenvalue weighted by atomic mass is 32.2. The Morgan fingerprint density at radius 3 is 2.00 bits per heavy atom. The minimum Gasteiger partial charge on any atom is -0.394 e. The predicted molar refractivity (Wildman–Crippen MR) is 81.3 cm³/mol. The standard InChI is InChI=1S/C15H25NO3S/c1-5-15(6-2,11-17)16-20(18,19)14-9-7-13(8-10-14)12(3)4/h7-10,12,16-17H,5-6,11H2,1-4H3. The van der Waals surface area contributed by atoms with Crippen molar-refractivity contribution >= 4 is 10.0 Å². The molecule has 2 N–H and O–H groups in total. The van der Waals surface area contributed by atoms with Crippen LogP contribution in [0.25, 0.3) is 0 Å². The SMILES string of the molecule is CCC(CC)(CO)NS(=O)(=O)c1ccc(C(C)C)cc1. The van der Waals surface area contributed by atoms with Gasteiger partial charge in [-0.1, -0.05) is 39.8 Å². The lowest BCUT2D eigenvalue weighted by Gasteiger charge is -2.30. The Morgan fingerprint density at radius 2 is 1.65 bits per heavy atom. The van der Waals surface area contributed by atoms with Crippen molar-refractivity contribution in [3.8, 4) is 0 Å². The number of sulfonamides is 1. The Morgan fingerprint density at radius 1 is 1.15 bits per heavy atom. The first-order chi connectivity index (χ1) is 9.30. The molecule has 1 aromatic carbocycles. The van der Waals surface area contributed by atoms with E-state index in [2.05, 4.69) is 18.6 Å². The van der Waals surface area contributed by atoms with E-state index in [0.29, 0.717) is 18.8 Å². The average Bonchev–Trinajstić information content (AvgIpc) is 2.45. The maximum Gasteiger partial charge on any atom is 0.241 e. The third-order valence-corrected chi connectivity index (χ3v) is 5.46. The van der Waals surface area contributed by atoms with E-state index < -0.39 is 15.6 Å². The lowest BCUT2D eigenvalue weighted by Crippen LogP contribution is -2.50. The molecular weight excluding hydrogens is 274 g/mol. The molecule has 0 aliphatic rings. The summed E-state index contributed by atoms with van der Waals surface area (Å²) in [5, 5.41) is 9.48. The summed E-state index contributed by atoms with van der Waals surface area (Å²) in [5.41, 5.74) is 0.318. The minimum atomic E-state index is -3.61. The van der Waals surface area contributed by atoms with Gasteiger partial charge in [-0.3, -0.25) is 0 Å². The summed E-state index contributed by atoms with van der Waals surface area (Å²) in [7, 11) is -3.61. The molecule has 20 heavy (non-hydrogen) atoms. The van der Waals surface area contributed by atoms with Gasteiger partial charge in [-0.05, 0) is 36.5 Å². The van der Waals surface area contributed by atoms with Crippen LogP contribution in [0.4, 0.5) is 0 Å². The van der Waals surface area contributed by atoms with Gasteiger partial charge in [-0.25, -0.2) is 13.1 Å². The van der Waals surface area contributed by atoms with Gasteiger partial charge in [0.2, 0.25) is 10.0 Å². The third kappa shape index (κ3) is 3.81. The highest BCUT2D eigenvalue weighted by Crippen LogP contribution is 2.21. The molecule has 0 saturated heterocycles. The summed E-state index contributed by atoms with van der Waals surface area (Å²) in [4.78, 5) is 0.238. The maximum absolute atomic E-state index is 12.4. The molecule has 0 radical (unpaired) electrons. The van der Waals surface area contributed by atoms with Crippen molar-refractivity contribution in [2.45, 2.75) is 56.9 Å². The summed E-state index contributed by atoms with van der Waals surface area (Å²) in [6.07, 6.45) is 1.09. The first-order valence-electron chi connectivity index (χ1n) is 7.05. The van der Waals surface area contributed by atoms with Gasteiger partial charge in [0.25, 0.3) is 0 Å². The highest BCUT2D eigenvalue weighted by molar-refractivity contribution is 7.89. The average molecular weight is 299 g/mol. The van der Waals surface area contributed by atoms with Crippen molar-refractivity contribution in [2.75, 3.05) is 6.61 Å². The Balaban J connectivity index is 3.04. The predicted octanol–water partition coefficient (Wildman–Crippen LogP) is 2.64. The Bertz CT molecular complexity index is 508. The van der Waals surface area contributed by atoms with Gasteiger partial charge >= 0.3 is 0 Å². The zero-order chi connectivity index (χ0) is 15.4. The monoisotopic (exact) mass is 299 g/mol. The van der Waals surface area contributed by atoms with Crippen LogP contribution < -0.4 is 4.72 Å². The van der Waals surface area contributed by atoms with E-state index in [4.69, 9.17) is 0 Å². The van der Waals surface area contributed by atoms with Crippen LogP contribution in [0.2, 0.25) is 0 Å². The molecule has 5 heteroatoms. The molecule has 1 rings (SSSR count). The number of aliphatic hydroxyl groups is 1. The van der Waals surface area contributed by atoms with Gasteiger partial charge in [-0.15, -0.1) is 0 Å². The molecule has 0 heterocycles. The van der Waals surface area contributed by atoms with Crippen molar-refractivity contribution < 1.29 is 13.5 Å². The zero-order valence-electron chi connectivity index (χ0n) is 12.7. The molecule has 0 unspecified atom stereocenters. The molecule has 0 saturated carbocycles. The summed E-state index contributed by atoms with van der Waals surface area (Å²) in [5.74, 6) is 0.363. The lowest BCUT2D eigenvalue weighted by atomic mass is 9.96. The maximum atomic E-state index is 12.4. The molecule has 4 nitrogen and oxygen atoms in total. The largest absolute Gasteiger partial charge is 0.394 e. The van der Waals surface area contributed by atoms with E-state index >= 15 is 0 Å². The number of hydrogen-bond donors (Lipinski definition) is 2. The lowest BCUT2D eigenvalue weighted by molar-refractivity contribution is 0.172. The molecular formula is C15H25NO3S. The minimum absolute atomic E-state index is 0.205. The van der Waals surface area contributed by atoms with Crippen molar-refractivity contribution in [1.82, 2.24) is 4.72 Å². The zero-order valence-corrected chi connectivity index (χ0v) is 13.5. The van der Waals surface area contributed by atoms with Crippen molar-refractivity contribution in [1.29, 1.82) is 0 Å². The van der Waals surface area contributed by atoms with Crippen molar-refractivity contribution in [3.05, 3.63) is 29.8 Å². The fraction of sp³-hybridized carbons (Fsp3) is 0.600. The van der Waals surface area contributed by atoms with E-state index in [-0.39, 0.29) is 11.5 Å². The Kier molecular flexibility index (Phi) is 5.74. The van der Waals surface area contributed by atoms with Crippen LogP contribution >= 0.6 is 0 Å². The molecule has 0 aromatic heterocycles. The molecule has 0 amide bonds. The number of hydrogen-bond acceptors (Lipinski definition) is 3. The van der Waals surface area contributed by atoms with E-state index in [1.165, 1.54) is 0 Å². The summed E-state index contributed by atoms with van der Waals surface area (Å²) in [6, 6.07) is 6.89. The summed E-state index contributed by atoms with van der Waals surface area (Å²) < 4.78 is 27.4. The van der Waals surface area contributed by atoms with Gasteiger partial charge in [-0.2, -0.15) is 0 Å². The fourth-order valence-electron chi connectivity index (χ4n) is 2.03. The van der Waals surface area contributed by atoms with Crippen LogP contribution in [-0.2, 0) is 10.0 Å². The van der Waals surface area contributed by atoms with E-state index in [0.717, 1.165) is 5.56 Å². The first kappa shape index (κ1) is 17.1. The van der Waals surface area contributed by atoms with E-state index in [1.54, 1.807) is 12.1 Å².